The van der Waals surface area contributed by atoms with Crippen molar-refractivity contribution in [1.29, 1.82) is 0 Å². The lowest BCUT2D eigenvalue weighted by Crippen LogP contribution is -2.41. The highest BCUT2D eigenvalue weighted by Gasteiger charge is 2.25. The SMILES string of the molecule is C=N/C=N\c1[nH]c(CCN2C(=O)CCCC2=O)nc1C. The summed E-state index contributed by atoms with van der Waals surface area (Å²) in [6.07, 6.45) is 3.38. The average molecular weight is 275 g/mol. The Hall–Kier alpha value is -2.31. The summed E-state index contributed by atoms with van der Waals surface area (Å²) >= 11 is 0. The van der Waals surface area contributed by atoms with Crippen LogP contribution in [0, 0.1) is 6.92 Å². The van der Waals surface area contributed by atoms with Crippen molar-refractivity contribution in [3.63, 3.8) is 0 Å². The third-order valence-corrected chi connectivity index (χ3v) is 3.13. The zero-order valence-corrected chi connectivity index (χ0v) is 11.4. The molecule has 2 rings (SSSR count). The van der Waals surface area contributed by atoms with E-state index >= 15 is 0 Å². The van der Waals surface area contributed by atoms with E-state index in [-0.39, 0.29) is 11.8 Å². The van der Waals surface area contributed by atoms with Gasteiger partial charge in [0.15, 0.2) is 5.82 Å². The predicted octanol–water partition coefficient (Wildman–Crippen LogP) is 1.16. The van der Waals surface area contributed by atoms with Gasteiger partial charge < -0.3 is 4.98 Å². The molecule has 1 N–H and O–H groups in total. The summed E-state index contributed by atoms with van der Waals surface area (Å²) in [4.78, 5) is 39.6. The van der Waals surface area contributed by atoms with E-state index in [0.29, 0.717) is 43.9 Å². The highest BCUT2D eigenvalue weighted by Crippen LogP contribution is 2.16. The van der Waals surface area contributed by atoms with Gasteiger partial charge in [0.05, 0.1) is 5.69 Å². The number of amides is 2. The molecule has 0 unspecified atom stereocenters. The number of rotatable bonds is 5. The quantitative estimate of drug-likeness (QED) is 0.496. The number of imide groups is 1. The fourth-order valence-corrected chi connectivity index (χ4v) is 2.12. The van der Waals surface area contributed by atoms with Gasteiger partial charge in [0.2, 0.25) is 11.8 Å². The summed E-state index contributed by atoms with van der Waals surface area (Å²) < 4.78 is 0. The van der Waals surface area contributed by atoms with Crippen molar-refractivity contribution < 1.29 is 9.59 Å². The maximum Gasteiger partial charge on any atom is 0.229 e. The molecular weight excluding hydrogens is 258 g/mol. The van der Waals surface area contributed by atoms with E-state index in [4.69, 9.17) is 0 Å². The third-order valence-electron chi connectivity index (χ3n) is 3.13. The number of aryl methyl sites for hydroxylation is 1. The van der Waals surface area contributed by atoms with E-state index in [1.54, 1.807) is 0 Å². The molecule has 7 nitrogen and oxygen atoms in total. The number of H-pyrrole nitrogens is 1. The first-order valence-electron chi connectivity index (χ1n) is 6.49. The first-order valence-corrected chi connectivity index (χ1v) is 6.49. The van der Waals surface area contributed by atoms with Crippen molar-refractivity contribution in [2.45, 2.75) is 32.6 Å². The molecule has 106 valence electrons. The number of aliphatic imine (C=N–C) groups is 2. The van der Waals surface area contributed by atoms with E-state index in [0.717, 1.165) is 5.69 Å². The molecule has 2 amide bonds. The van der Waals surface area contributed by atoms with E-state index in [2.05, 4.69) is 26.7 Å². The number of carbonyl (C=O) groups is 2. The number of carbonyl (C=O) groups excluding carboxylic acids is 2. The number of hydrogen-bond donors (Lipinski definition) is 1. The van der Waals surface area contributed by atoms with Crippen molar-refractivity contribution in [2.75, 3.05) is 6.54 Å². The van der Waals surface area contributed by atoms with E-state index < -0.39 is 0 Å². The monoisotopic (exact) mass is 275 g/mol. The molecule has 0 spiro atoms. The number of piperidine rings is 1. The molecule has 0 atom stereocenters. The van der Waals surface area contributed by atoms with E-state index in [1.807, 2.05) is 6.92 Å². The molecule has 1 aliphatic heterocycles. The number of nitrogens with one attached hydrogen (secondary N) is 1. The van der Waals surface area contributed by atoms with Gasteiger partial charge in [-0.05, 0) is 20.1 Å². The zero-order chi connectivity index (χ0) is 14.5. The van der Waals surface area contributed by atoms with Gasteiger partial charge in [-0.1, -0.05) is 0 Å². The van der Waals surface area contributed by atoms with Gasteiger partial charge in [-0.3, -0.25) is 19.5 Å². The number of hydrogen-bond acceptors (Lipinski definition) is 4. The second-order valence-electron chi connectivity index (χ2n) is 4.59. The van der Waals surface area contributed by atoms with Crippen LogP contribution in [0.5, 0.6) is 0 Å². The molecule has 1 saturated heterocycles. The highest BCUT2D eigenvalue weighted by atomic mass is 16.2. The Morgan fingerprint density at radius 1 is 1.40 bits per heavy atom. The molecule has 0 aromatic carbocycles. The average Bonchev–Trinajstić information content (AvgIpc) is 2.76. The zero-order valence-electron chi connectivity index (χ0n) is 11.4. The fraction of sp³-hybridized carbons (Fsp3) is 0.462. The topological polar surface area (TPSA) is 90.8 Å². The minimum Gasteiger partial charge on any atom is -0.327 e. The van der Waals surface area contributed by atoms with Crippen molar-refractivity contribution in [1.82, 2.24) is 14.9 Å². The highest BCUT2D eigenvalue weighted by molar-refractivity contribution is 5.97. The van der Waals surface area contributed by atoms with Crippen LogP contribution in [-0.4, -0.2) is 46.3 Å². The number of likely N-dealkylation sites (tertiary alicyclic amines) is 1. The van der Waals surface area contributed by atoms with Crippen molar-refractivity contribution in [3.8, 4) is 0 Å². The smallest absolute Gasteiger partial charge is 0.229 e. The van der Waals surface area contributed by atoms with E-state index in [9.17, 15) is 9.59 Å². The van der Waals surface area contributed by atoms with Crippen LogP contribution in [0.4, 0.5) is 5.82 Å². The minimum absolute atomic E-state index is 0.0985. The normalized spacial score (nSPS) is 16.1. The number of aromatic nitrogens is 2. The molecule has 7 heteroatoms. The van der Waals surface area contributed by atoms with Gasteiger partial charge in [0, 0.05) is 25.8 Å². The number of aromatic amines is 1. The summed E-state index contributed by atoms with van der Waals surface area (Å²) in [5, 5.41) is 0. The molecule has 1 fully saturated rings. The van der Waals surface area contributed by atoms with Gasteiger partial charge in [-0.25, -0.2) is 9.98 Å². The van der Waals surface area contributed by atoms with Crippen LogP contribution in [0.1, 0.15) is 30.8 Å². The number of nitrogens with zero attached hydrogens (tertiary/aromatic N) is 4. The second kappa shape index (κ2) is 6.23. The predicted molar refractivity (Wildman–Crippen MR) is 75.3 cm³/mol. The summed E-state index contributed by atoms with van der Waals surface area (Å²) in [5.74, 6) is 1.12. The molecule has 0 bridgehead atoms. The maximum atomic E-state index is 11.7. The third kappa shape index (κ3) is 3.17. The molecular formula is C13H17N5O2. The van der Waals surface area contributed by atoms with Crippen LogP contribution < -0.4 is 0 Å². The molecule has 0 radical (unpaired) electrons. The summed E-state index contributed by atoms with van der Waals surface area (Å²) in [6, 6.07) is 0. The minimum atomic E-state index is -0.0985. The maximum absolute atomic E-state index is 11.7. The molecule has 0 aliphatic carbocycles. The standard InChI is InChI=1S/C13H17N5O2/c1-9-13(15-8-14-2)17-10(16-9)6-7-18-11(19)4-3-5-12(18)20/h8H,2-7H2,1H3,(H,16,17)/b15-8-. The van der Waals surface area contributed by atoms with Gasteiger partial charge in [0.25, 0.3) is 0 Å². The summed E-state index contributed by atoms with van der Waals surface area (Å²) in [6.45, 7) is 5.49. The van der Waals surface area contributed by atoms with Gasteiger partial charge in [-0.2, -0.15) is 0 Å². The van der Waals surface area contributed by atoms with Crippen molar-refractivity contribution in [3.05, 3.63) is 11.5 Å². The molecule has 0 saturated carbocycles. The Kier molecular flexibility index (Phi) is 4.39. The van der Waals surface area contributed by atoms with Crippen LogP contribution >= 0.6 is 0 Å². The fourth-order valence-electron chi connectivity index (χ4n) is 2.12. The summed E-state index contributed by atoms with van der Waals surface area (Å²) in [5.41, 5.74) is 0.746. The van der Waals surface area contributed by atoms with Gasteiger partial charge in [-0.15, -0.1) is 0 Å². The molecule has 2 heterocycles. The van der Waals surface area contributed by atoms with Crippen LogP contribution in [0.25, 0.3) is 0 Å². The lowest BCUT2D eigenvalue weighted by atomic mass is 10.1. The van der Waals surface area contributed by atoms with Gasteiger partial charge in [0.1, 0.15) is 12.2 Å². The first-order chi connectivity index (χ1) is 9.61. The second-order valence-corrected chi connectivity index (χ2v) is 4.59. The molecule has 1 aromatic heterocycles. The van der Waals surface area contributed by atoms with Crippen LogP contribution in [0.2, 0.25) is 0 Å². The Labute approximate surface area is 116 Å². The lowest BCUT2D eigenvalue weighted by Gasteiger charge is -2.24. The Bertz CT molecular complexity index is 545. The largest absolute Gasteiger partial charge is 0.327 e. The van der Waals surface area contributed by atoms with Crippen molar-refractivity contribution in [2.24, 2.45) is 9.98 Å². The van der Waals surface area contributed by atoms with Gasteiger partial charge >= 0.3 is 0 Å². The Morgan fingerprint density at radius 2 is 2.10 bits per heavy atom. The van der Waals surface area contributed by atoms with Crippen LogP contribution in [-0.2, 0) is 16.0 Å². The van der Waals surface area contributed by atoms with Crippen LogP contribution in [0.15, 0.2) is 9.98 Å². The summed E-state index contributed by atoms with van der Waals surface area (Å²) in [7, 11) is 0. The molecule has 1 aromatic rings. The lowest BCUT2D eigenvalue weighted by molar-refractivity contribution is -0.147. The van der Waals surface area contributed by atoms with Crippen LogP contribution in [0.3, 0.4) is 0 Å². The van der Waals surface area contributed by atoms with E-state index in [1.165, 1.54) is 11.2 Å². The molecule has 1 aliphatic rings. The first kappa shape index (κ1) is 14.1. The number of imidazole rings is 1. The Morgan fingerprint density at radius 3 is 2.75 bits per heavy atom. The Balaban J connectivity index is 2.00. The van der Waals surface area contributed by atoms with Crippen molar-refractivity contribution >= 4 is 30.7 Å². The molecule has 20 heavy (non-hydrogen) atoms.